The van der Waals surface area contributed by atoms with Gasteiger partial charge in [0.05, 0.1) is 6.54 Å². The fraction of sp³-hybridized carbons (Fsp3) is 0.846. The first-order valence-electron chi connectivity index (χ1n) is 6.78. The number of nitrogens with one attached hydrogen (secondary N) is 1. The first-order chi connectivity index (χ1) is 8.24. The van der Waals surface area contributed by atoms with Crippen molar-refractivity contribution in [1.29, 1.82) is 0 Å². The lowest BCUT2D eigenvalue weighted by Gasteiger charge is -2.26. The smallest absolute Gasteiger partial charge is 0.239 e. The molecule has 1 aliphatic heterocycles. The summed E-state index contributed by atoms with van der Waals surface area (Å²) in [5.74, 6) is 0.0999. The van der Waals surface area contributed by atoms with E-state index in [1.165, 1.54) is 25.7 Å². The van der Waals surface area contributed by atoms with E-state index in [-0.39, 0.29) is 18.4 Å². The zero-order valence-corrected chi connectivity index (χ0v) is 10.8. The number of hydrogen-bond acceptors (Lipinski definition) is 2. The van der Waals surface area contributed by atoms with Crippen molar-refractivity contribution in [3.05, 3.63) is 0 Å². The minimum Gasteiger partial charge on any atom is -0.353 e. The van der Waals surface area contributed by atoms with Crippen molar-refractivity contribution in [3.8, 4) is 0 Å². The number of piperazine rings is 1. The Bertz CT molecular complexity index is 254. The minimum atomic E-state index is -0.0347. The number of hydrogen-bond donors (Lipinski definition) is 1. The standard InChI is InChI=1S/C13H24N2O2/c1-2-3-4-5-6-7-8-13(17)15-10-9-14-12(16)11-15/h2-11H2,1H3,(H,14,16). The van der Waals surface area contributed by atoms with Crippen molar-refractivity contribution in [2.75, 3.05) is 19.6 Å². The summed E-state index contributed by atoms with van der Waals surface area (Å²) in [6.07, 6.45) is 7.73. The van der Waals surface area contributed by atoms with Crippen LogP contribution in [0, 0.1) is 0 Å². The molecular formula is C13H24N2O2. The normalized spacial score (nSPS) is 15.8. The molecule has 1 fully saturated rings. The molecule has 0 aromatic carbocycles. The lowest BCUT2D eigenvalue weighted by Crippen LogP contribution is -2.49. The third-order valence-electron chi connectivity index (χ3n) is 3.14. The lowest BCUT2D eigenvalue weighted by molar-refractivity contribution is -0.138. The van der Waals surface area contributed by atoms with E-state index in [0.29, 0.717) is 19.5 Å². The predicted molar refractivity (Wildman–Crippen MR) is 67.6 cm³/mol. The summed E-state index contributed by atoms with van der Waals surface area (Å²) in [4.78, 5) is 24.6. The molecule has 1 N–H and O–H groups in total. The summed E-state index contributed by atoms with van der Waals surface area (Å²) in [5, 5.41) is 2.72. The Morgan fingerprint density at radius 2 is 1.94 bits per heavy atom. The van der Waals surface area contributed by atoms with Crippen molar-refractivity contribution in [2.45, 2.75) is 51.9 Å². The van der Waals surface area contributed by atoms with E-state index in [9.17, 15) is 9.59 Å². The molecular weight excluding hydrogens is 216 g/mol. The van der Waals surface area contributed by atoms with Crippen LogP contribution in [0.4, 0.5) is 0 Å². The average Bonchev–Trinajstić information content (AvgIpc) is 2.33. The highest BCUT2D eigenvalue weighted by atomic mass is 16.2. The second-order valence-corrected chi connectivity index (χ2v) is 4.68. The highest BCUT2D eigenvalue weighted by Crippen LogP contribution is 2.08. The molecule has 2 amide bonds. The summed E-state index contributed by atoms with van der Waals surface area (Å²) in [7, 11) is 0. The lowest BCUT2D eigenvalue weighted by atomic mass is 10.1. The summed E-state index contributed by atoms with van der Waals surface area (Å²) >= 11 is 0. The van der Waals surface area contributed by atoms with Crippen LogP contribution in [0.3, 0.4) is 0 Å². The van der Waals surface area contributed by atoms with Crippen molar-refractivity contribution >= 4 is 11.8 Å². The summed E-state index contributed by atoms with van der Waals surface area (Å²) < 4.78 is 0. The SMILES string of the molecule is CCCCCCCCC(=O)N1CCNC(=O)C1. The molecule has 0 atom stereocenters. The van der Waals surface area contributed by atoms with Gasteiger partial charge in [0.1, 0.15) is 0 Å². The summed E-state index contributed by atoms with van der Waals surface area (Å²) in [5.41, 5.74) is 0. The first kappa shape index (κ1) is 14.0. The second kappa shape index (κ2) is 8.09. The summed E-state index contributed by atoms with van der Waals surface area (Å²) in [6.45, 7) is 3.71. The van der Waals surface area contributed by atoms with Crippen molar-refractivity contribution < 1.29 is 9.59 Å². The van der Waals surface area contributed by atoms with Crippen LogP contribution in [-0.2, 0) is 9.59 Å². The van der Waals surface area contributed by atoms with Gasteiger partial charge in [0, 0.05) is 19.5 Å². The van der Waals surface area contributed by atoms with Crippen LogP contribution in [0.25, 0.3) is 0 Å². The summed E-state index contributed by atoms with van der Waals surface area (Å²) in [6, 6.07) is 0. The molecule has 0 saturated carbocycles. The van der Waals surface area contributed by atoms with Crippen LogP contribution in [0.2, 0.25) is 0 Å². The van der Waals surface area contributed by atoms with Crippen LogP contribution < -0.4 is 5.32 Å². The molecule has 0 bridgehead atoms. The Kier molecular flexibility index (Phi) is 6.67. The molecule has 0 radical (unpaired) electrons. The molecule has 98 valence electrons. The van der Waals surface area contributed by atoms with Gasteiger partial charge in [0.2, 0.25) is 11.8 Å². The number of carbonyl (C=O) groups is 2. The van der Waals surface area contributed by atoms with Crippen LogP contribution >= 0.6 is 0 Å². The Hall–Kier alpha value is -1.06. The van der Waals surface area contributed by atoms with Gasteiger partial charge in [-0.15, -0.1) is 0 Å². The third kappa shape index (κ3) is 5.71. The van der Waals surface area contributed by atoms with E-state index in [2.05, 4.69) is 12.2 Å². The fourth-order valence-electron chi connectivity index (χ4n) is 2.07. The molecule has 0 aromatic heterocycles. The minimum absolute atomic E-state index is 0.0347. The first-order valence-corrected chi connectivity index (χ1v) is 6.78. The molecule has 0 aliphatic carbocycles. The third-order valence-corrected chi connectivity index (χ3v) is 3.14. The van der Waals surface area contributed by atoms with Gasteiger partial charge >= 0.3 is 0 Å². The highest BCUT2D eigenvalue weighted by molar-refractivity contribution is 5.85. The molecule has 4 heteroatoms. The van der Waals surface area contributed by atoms with Crippen molar-refractivity contribution in [3.63, 3.8) is 0 Å². The van der Waals surface area contributed by atoms with Crippen LogP contribution in [0.1, 0.15) is 51.9 Å². The molecule has 1 aliphatic rings. The van der Waals surface area contributed by atoms with Gasteiger partial charge in [-0.05, 0) is 6.42 Å². The maximum Gasteiger partial charge on any atom is 0.239 e. The van der Waals surface area contributed by atoms with Gasteiger partial charge in [-0.2, -0.15) is 0 Å². The Morgan fingerprint density at radius 1 is 1.24 bits per heavy atom. The quantitative estimate of drug-likeness (QED) is 0.688. The Morgan fingerprint density at radius 3 is 2.65 bits per heavy atom. The van der Waals surface area contributed by atoms with E-state index in [0.717, 1.165) is 12.8 Å². The average molecular weight is 240 g/mol. The molecule has 0 spiro atoms. The number of unbranched alkanes of at least 4 members (excludes halogenated alkanes) is 5. The van der Waals surface area contributed by atoms with E-state index < -0.39 is 0 Å². The maximum atomic E-state index is 11.8. The van der Waals surface area contributed by atoms with Gasteiger partial charge in [-0.25, -0.2) is 0 Å². The number of carbonyl (C=O) groups excluding carboxylic acids is 2. The number of amides is 2. The van der Waals surface area contributed by atoms with Crippen molar-refractivity contribution in [2.24, 2.45) is 0 Å². The van der Waals surface area contributed by atoms with Gasteiger partial charge in [0.25, 0.3) is 0 Å². The topological polar surface area (TPSA) is 49.4 Å². The van der Waals surface area contributed by atoms with Gasteiger partial charge in [-0.1, -0.05) is 39.0 Å². The van der Waals surface area contributed by atoms with Crippen LogP contribution in [0.15, 0.2) is 0 Å². The van der Waals surface area contributed by atoms with Crippen molar-refractivity contribution in [1.82, 2.24) is 10.2 Å². The molecule has 1 rings (SSSR count). The van der Waals surface area contributed by atoms with E-state index in [1.807, 2.05) is 0 Å². The molecule has 1 saturated heterocycles. The largest absolute Gasteiger partial charge is 0.353 e. The van der Waals surface area contributed by atoms with E-state index >= 15 is 0 Å². The Labute approximate surface area is 104 Å². The van der Waals surface area contributed by atoms with Crippen LogP contribution in [-0.4, -0.2) is 36.3 Å². The molecule has 4 nitrogen and oxygen atoms in total. The number of rotatable bonds is 7. The van der Waals surface area contributed by atoms with Crippen LogP contribution in [0.5, 0.6) is 0 Å². The van der Waals surface area contributed by atoms with Gasteiger partial charge < -0.3 is 10.2 Å². The predicted octanol–water partition coefficient (Wildman–Crippen LogP) is 1.70. The number of nitrogens with zero attached hydrogens (tertiary/aromatic N) is 1. The molecule has 0 unspecified atom stereocenters. The van der Waals surface area contributed by atoms with E-state index in [1.54, 1.807) is 4.90 Å². The monoisotopic (exact) mass is 240 g/mol. The molecule has 0 aromatic rings. The molecule has 17 heavy (non-hydrogen) atoms. The maximum absolute atomic E-state index is 11.8. The highest BCUT2D eigenvalue weighted by Gasteiger charge is 2.20. The zero-order valence-electron chi connectivity index (χ0n) is 10.8. The Balaban J connectivity index is 2.06. The van der Waals surface area contributed by atoms with Gasteiger partial charge in [-0.3, -0.25) is 9.59 Å². The van der Waals surface area contributed by atoms with Gasteiger partial charge in [0.15, 0.2) is 0 Å². The van der Waals surface area contributed by atoms with E-state index in [4.69, 9.17) is 0 Å². The fourth-order valence-corrected chi connectivity index (χ4v) is 2.07. The second-order valence-electron chi connectivity index (χ2n) is 4.68. The molecule has 1 heterocycles. The zero-order chi connectivity index (χ0) is 12.5.